The predicted octanol–water partition coefficient (Wildman–Crippen LogP) is 3.11. The molecule has 3 heterocycles. The molecule has 0 bridgehead atoms. The van der Waals surface area contributed by atoms with E-state index in [9.17, 15) is 18.0 Å². The standard InChI is InChI=1S/C18H22F3N5O.2ClH/c1-11-9-22-6-7-25(11)17(27)8-15-12(2)24-26(13(15)3)16-5-4-14(10-23-16)18(19,20)21;;/h4-5,10-11,22H,6-9H2,1-3H3;2*1H/t11-;;/m0../s1. The lowest BCUT2D eigenvalue weighted by Crippen LogP contribution is -2.52. The van der Waals surface area contributed by atoms with Gasteiger partial charge in [-0.2, -0.15) is 18.3 Å². The number of aryl methyl sites for hydroxylation is 1. The number of nitrogens with one attached hydrogen (secondary N) is 1. The van der Waals surface area contributed by atoms with Gasteiger partial charge in [0.15, 0.2) is 5.82 Å². The van der Waals surface area contributed by atoms with Crippen LogP contribution in [0.15, 0.2) is 18.3 Å². The third-order valence-electron chi connectivity index (χ3n) is 4.88. The number of aromatic nitrogens is 3. The molecule has 2 aromatic rings. The first-order valence-corrected chi connectivity index (χ1v) is 8.77. The molecule has 1 N–H and O–H groups in total. The van der Waals surface area contributed by atoms with E-state index in [0.717, 1.165) is 30.9 Å². The van der Waals surface area contributed by atoms with Crippen LogP contribution in [-0.2, 0) is 17.4 Å². The summed E-state index contributed by atoms with van der Waals surface area (Å²) in [5.74, 6) is 0.313. The van der Waals surface area contributed by atoms with Crippen LogP contribution < -0.4 is 5.32 Å². The van der Waals surface area contributed by atoms with Gasteiger partial charge < -0.3 is 10.2 Å². The Hall–Kier alpha value is -1.84. The number of halogens is 5. The lowest BCUT2D eigenvalue weighted by molar-refractivity contribution is -0.138. The Balaban J connectivity index is 0.00000210. The maximum absolute atomic E-state index is 12.7. The third-order valence-corrected chi connectivity index (χ3v) is 4.88. The van der Waals surface area contributed by atoms with Crippen molar-refractivity contribution in [2.24, 2.45) is 0 Å². The molecule has 1 amide bonds. The number of hydrogen-bond donors (Lipinski definition) is 1. The lowest BCUT2D eigenvalue weighted by atomic mass is 10.1. The van der Waals surface area contributed by atoms with Gasteiger partial charge in [-0.25, -0.2) is 9.67 Å². The number of alkyl halides is 3. The fourth-order valence-electron chi connectivity index (χ4n) is 3.30. The van der Waals surface area contributed by atoms with Crippen molar-refractivity contribution in [2.45, 2.75) is 39.4 Å². The summed E-state index contributed by atoms with van der Waals surface area (Å²) in [6.45, 7) is 7.77. The Kier molecular flexibility index (Phi) is 8.49. The van der Waals surface area contributed by atoms with E-state index in [0.29, 0.717) is 17.9 Å². The zero-order valence-electron chi connectivity index (χ0n) is 16.3. The van der Waals surface area contributed by atoms with Crippen molar-refractivity contribution in [3.63, 3.8) is 0 Å². The van der Waals surface area contributed by atoms with Gasteiger partial charge in [0.25, 0.3) is 0 Å². The van der Waals surface area contributed by atoms with Crippen molar-refractivity contribution in [3.8, 4) is 5.82 Å². The van der Waals surface area contributed by atoms with Gasteiger partial charge in [0, 0.05) is 43.1 Å². The highest BCUT2D eigenvalue weighted by Crippen LogP contribution is 2.29. The van der Waals surface area contributed by atoms with E-state index in [1.165, 1.54) is 10.7 Å². The number of piperazine rings is 1. The first-order chi connectivity index (χ1) is 12.7. The molecule has 6 nitrogen and oxygen atoms in total. The van der Waals surface area contributed by atoms with Crippen molar-refractivity contribution in [1.29, 1.82) is 0 Å². The molecule has 0 aliphatic carbocycles. The summed E-state index contributed by atoms with van der Waals surface area (Å²) in [5.41, 5.74) is 1.35. The molecular weight excluding hydrogens is 430 g/mol. The summed E-state index contributed by atoms with van der Waals surface area (Å²) >= 11 is 0. The molecule has 0 unspecified atom stereocenters. The maximum atomic E-state index is 12.7. The van der Waals surface area contributed by atoms with E-state index in [2.05, 4.69) is 15.4 Å². The van der Waals surface area contributed by atoms with Crippen molar-refractivity contribution in [1.82, 2.24) is 25.0 Å². The molecule has 0 saturated carbocycles. The maximum Gasteiger partial charge on any atom is 0.417 e. The minimum absolute atomic E-state index is 0. The van der Waals surface area contributed by atoms with Gasteiger partial charge in [0.1, 0.15) is 0 Å². The highest BCUT2D eigenvalue weighted by molar-refractivity contribution is 5.85. The SMILES string of the molecule is Cc1nn(-c2ccc(C(F)(F)F)cn2)c(C)c1CC(=O)N1CCNC[C@@H]1C.Cl.Cl. The fourth-order valence-corrected chi connectivity index (χ4v) is 3.30. The Bertz CT molecular complexity index is 839. The molecule has 0 radical (unpaired) electrons. The molecule has 0 aromatic carbocycles. The molecule has 1 saturated heterocycles. The topological polar surface area (TPSA) is 63.1 Å². The second-order valence-electron chi connectivity index (χ2n) is 6.78. The van der Waals surface area contributed by atoms with Crippen molar-refractivity contribution in [2.75, 3.05) is 19.6 Å². The van der Waals surface area contributed by atoms with Crippen molar-refractivity contribution >= 4 is 30.7 Å². The second-order valence-corrected chi connectivity index (χ2v) is 6.78. The quantitative estimate of drug-likeness (QED) is 0.775. The monoisotopic (exact) mass is 453 g/mol. The van der Waals surface area contributed by atoms with E-state index in [4.69, 9.17) is 0 Å². The minimum atomic E-state index is -4.43. The van der Waals surface area contributed by atoms with E-state index < -0.39 is 11.7 Å². The molecule has 1 fully saturated rings. The molecule has 1 aliphatic rings. The van der Waals surface area contributed by atoms with E-state index in [-0.39, 0.29) is 49.0 Å². The van der Waals surface area contributed by atoms with Crippen LogP contribution in [0.1, 0.15) is 29.4 Å². The van der Waals surface area contributed by atoms with E-state index >= 15 is 0 Å². The summed E-state index contributed by atoms with van der Waals surface area (Å²) in [5, 5.41) is 7.63. The van der Waals surface area contributed by atoms with Crippen LogP contribution in [0.3, 0.4) is 0 Å². The van der Waals surface area contributed by atoms with Gasteiger partial charge >= 0.3 is 6.18 Å². The third kappa shape index (κ3) is 5.40. The van der Waals surface area contributed by atoms with Crippen LogP contribution in [0.5, 0.6) is 0 Å². The number of rotatable bonds is 3. The molecular formula is C18H24Cl2F3N5O. The van der Waals surface area contributed by atoms with Gasteiger partial charge in [-0.05, 0) is 32.9 Å². The second kappa shape index (κ2) is 9.77. The fraction of sp³-hybridized carbons (Fsp3) is 0.500. The molecule has 29 heavy (non-hydrogen) atoms. The highest BCUT2D eigenvalue weighted by atomic mass is 35.5. The Morgan fingerprint density at radius 2 is 1.97 bits per heavy atom. The molecule has 11 heteroatoms. The molecule has 3 rings (SSSR count). The van der Waals surface area contributed by atoms with E-state index in [1.54, 1.807) is 13.8 Å². The largest absolute Gasteiger partial charge is 0.417 e. The first kappa shape index (κ1) is 25.2. The Morgan fingerprint density at radius 1 is 1.28 bits per heavy atom. The summed E-state index contributed by atoms with van der Waals surface area (Å²) in [6, 6.07) is 2.39. The van der Waals surface area contributed by atoms with Crippen LogP contribution in [0.25, 0.3) is 5.82 Å². The summed E-state index contributed by atoms with van der Waals surface area (Å²) in [6.07, 6.45) is -3.43. The molecule has 1 atom stereocenters. The number of hydrogen-bond acceptors (Lipinski definition) is 4. The van der Waals surface area contributed by atoms with Gasteiger partial charge in [-0.1, -0.05) is 0 Å². The number of carbonyl (C=O) groups is 1. The number of pyridine rings is 1. The average Bonchev–Trinajstić information content (AvgIpc) is 2.89. The summed E-state index contributed by atoms with van der Waals surface area (Å²) in [4.78, 5) is 18.4. The minimum Gasteiger partial charge on any atom is -0.337 e. The number of amides is 1. The van der Waals surface area contributed by atoms with Crippen LogP contribution in [0.2, 0.25) is 0 Å². The predicted molar refractivity (Wildman–Crippen MR) is 108 cm³/mol. The van der Waals surface area contributed by atoms with E-state index in [1.807, 2.05) is 11.8 Å². The van der Waals surface area contributed by atoms with Crippen molar-refractivity contribution < 1.29 is 18.0 Å². The molecule has 2 aromatic heterocycles. The first-order valence-electron chi connectivity index (χ1n) is 8.77. The van der Waals surface area contributed by atoms with Gasteiger partial charge in [0.05, 0.1) is 17.7 Å². The molecule has 1 aliphatic heterocycles. The molecule has 0 spiro atoms. The van der Waals surface area contributed by atoms with Gasteiger partial charge in [-0.15, -0.1) is 24.8 Å². The highest BCUT2D eigenvalue weighted by Gasteiger charge is 2.31. The summed E-state index contributed by atoms with van der Waals surface area (Å²) in [7, 11) is 0. The number of nitrogens with zero attached hydrogens (tertiary/aromatic N) is 4. The van der Waals surface area contributed by atoms with Gasteiger partial charge in [0.2, 0.25) is 5.91 Å². The number of carbonyl (C=O) groups excluding carboxylic acids is 1. The van der Waals surface area contributed by atoms with Crippen LogP contribution in [0, 0.1) is 13.8 Å². The Labute approximate surface area is 179 Å². The van der Waals surface area contributed by atoms with Crippen LogP contribution in [0.4, 0.5) is 13.2 Å². The summed E-state index contributed by atoms with van der Waals surface area (Å²) < 4.78 is 39.6. The van der Waals surface area contributed by atoms with Crippen LogP contribution >= 0.6 is 24.8 Å². The average molecular weight is 454 g/mol. The molecule has 162 valence electrons. The van der Waals surface area contributed by atoms with Crippen LogP contribution in [-0.4, -0.2) is 51.2 Å². The zero-order chi connectivity index (χ0) is 19.8. The normalized spacial score (nSPS) is 16.8. The Morgan fingerprint density at radius 3 is 2.52 bits per heavy atom. The smallest absolute Gasteiger partial charge is 0.337 e. The zero-order valence-corrected chi connectivity index (χ0v) is 17.9. The van der Waals surface area contributed by atoms with Gasteiger partial charge in [-0.3, -0.25) is 4.79 Å². The van der Waals surface area contributed by atoms with Crippen molar-refractivity contribution in [3.05, 3.63) is 40.8 Å². The lowest BCUT2D eigenvalue weighted by Gasteiger charge is -2.34.